The molecule has 0 bridgehead atoms. The van der Waals surface area contributed by atoms with E-state index in [4.69, 9.17) is 0 Å². The van der Waals surface area contributed by atoms with Gasteiger partial charge >= 0.3 is 0 Å². The van der Waals surface area contributed by atoms with Crippen molar-refractivity contribution in [2.45, 2.75) is 27.7 Å². The largest absolute Gasteiger partial charge is 0.0616 e. The Bertz CT molecular complexity index is 1720. The Morgan fingerprint density at radius 1 is 0.361 bits per heavy atom. The van der Waals surface area contributed by atoms with Gasteiger partial charge in [0.1, 0.15) is 0 Å². The van der Waals surface area contributed by atoms with Crippen LogP contribution in [0.15, 0.2) is 109 Å². The highest BCUT2D eigenvalue weighted by Crippen LogP contribution is 2.47. The molecular formula is C36H30. The normalized spacial score (nSPS) is 11.3. The summed E-state index contributed by atoms with van der Waals surface area (Å²) in [6.45, 7) is 8.79. The molecule has 0 aliphatic carbocycles. The minimum absolute atomic E-state index is 1.27. The van der Waals surface area contributed by atoms with Crippen LogP contribution in [0.2, 0.25) is 0 Å². The minimum atomic E-state index is 1.27. The monoisotopic (exact) mass is 462 g/mol. The third-order valence-electron chi connectivity index (χ3n) is 7.15. The average Bonchev–Trinajstić information content (AvgIpc) is 2.86. The summed E-state index contributed by atoms with van der Waals surface area (Å²) in [4.78, 5) is 0. The van der Waals surface area contributed by atoms with Crippen LogP contribution >= 0.6 is 0 Å². The highest BCUT2D eigenvalue weighted by molar-refractivity contribution is 6.14. The van der Waals surface area contributed by atoms with Gasteiger partial charge in [-0.05, 0) is 88.7 Å². The fourth-order valence-corrected chi connectivity index (χ4v) is 5.85. The second-order valence-corrected chi connectivity index (χ2v) is 10.2. The van der Waals surface area contributed by atoms with E-state index in [0.717, 1.165) is 0 Å². The fraction of sp³-hybridized carbons (Fsp3) is 0.111. The molecule has 0 saturated carbocycles. The highest BCUT2D eigenvalue weighted by atomic mass is 14.2. The first kappa shape index (κ1) is 22.3. The summed E-state index contributed by atoms with van der Waals surface area (Å²) < 4.78 is 0. The van der Waals surface area contributed by atoms with E-state index < -0.39 is 0 Å². The summed E-state index contributed by atoms with van der Waals surface area (Å²) >= 11 is 0. The predicted octanol–water partition coefficient (Wildman–Crippen LogP) is 10.2. The summed E-state index contributed by atoms with van der Waals surface area (Å²) in [5.74, 6) is 0. The molecule has 36 heavy (non-hydrogen) atoms. The molecule has 6 aromatic rings. The van der Waals surface area contributed by atoms with Gasteiger partial charge in [0.25, 0.3) is 0 Å². The Morgan fingerprint density at radius 2 is 0.889 bits per heavy atom. The summed E-state index contributed by atoms with van der Waals surface area (Å²) in [6.07, 6.45) is 0. The lowest BCUT2D eigenvalue weighted by Gasteiger charge is -2.22. The van der Waals surface area contributed by atoms with Gasteiger partial charge in [0, 0.05) is 0 Å². The van der Waals surface area contributed by atoms with Crippen LogP contribution in [0.4, 0.5) is 0 Å². The number of hydrogen-bond acceptors (Lipinski definition) is 0. The summed E-state index contributed by atoms with van der Waals surface area (Å²) in [7, 11) is 0. The van der Waals surface area contributed by atoms with E-state index in [1.54, 1.807) is 0 Å². The molecule has 0 aliphatic rings. The van der Waals surface area contributed by atoms with Crippen molar-refractivity contribution in [1.82, 2.24) is 0 Å². The number of hydrogen-bond donors (Lipinski definition) is 0. The van der Waals surface area contributed by atoms with Crippen LogP contribution in [0.3, 0.4) is 0 Å². The maximum absolute atomic E-state index is 2.39. The molecule has 174 valence electrons. The second-order valence-electron chi connectivity index (χ2n) is 10.2. The van der Waals surface area contributed by atoms with E-state index in [1.165, 1.54) is 77.2 Å². The van der Waals surface area contributed by atoms with E-state index >= 15 is 0 Å². The average molecular weight is 463 g/mol. The number of aryl methyl sites for hydroxylation is 4. The first-order valence-corrected chi connectivity index (χ1v) is 12.7. The van der Waals surface area contributed by atoms with Crippen LogP contribution in [0.5, 0.6) is 0 Å². The molecule has 0 saturated heterocycles. The molecule has 0 atom stereocenters. The van der Waals surface area contributed by atoms with Crippen molar-refractivity contribution in [3.63, 3.8) is 0 Å². The third kappa shape index (κ3) is 3.89. The Labute approximate surface area is 213 Å². The molecule has 0 heteroatoms. The molecule has 0 spiro atoms. The summed E-state index contributed by atoms with van der Waals surface area (Å²) in [5, 5.41) is 5.11. The topological polar surface area (TPSA) is 0 Å². The lowest BCUT2D eigenvalue weighted by atomic mass is 9.82. The smallest absolute Gasteiger partial charge is 0.00143 e. The van der Waals surface area contributed by atoms with Gasteiger partial charge in [-0.2, -0.15) is 0 Å². The van der Waals surface area contributed by atoms with Crippen LogP contribution in [-0.4, -0.2) is 0 Å². The van der Waals surface area contributed by atoms with E-state index in [9.17, 15) is 0 Å². The van der Waals surface area contributed by atoms with Crippen molar-refractivity contribution >= 4 is 21.5 Å². The van der Waals surface area contributed by atoms with Crippen molar-refractivity contribution in [3.05, 3.63) is 131 Å². The predicted molar refractivity (Wildman–Crippen MR) is 157 cm³/mol. The zero-order valence-electron chi connectivity index (χ0n) is 21.4. The van der Waals surface area contributed by atoms with Crippen LogP contribution in [0.1, 0.15) is 22.3 Å². The Hall–Kier alpha value is -4.16. The Balaban J connectivity index is 1.85. The fourth-order valence-electron chi connectivity index (χ4n) is 5.85. The van der Waals surface area contributed by atoms with Gasteiger partial charge in [-0.25, -0.2) is 0 Å². The van der Waals surface area contributed by atoms with Crippen LogP contribution in [0.25, 0.3) is 54.9 Å². The molecule has 0 N–H and O–H groups in total. The number of rotatable bonds is 3. The molecule has 0 aromatic heterocycles. The van der Waals surface area contributed by atoms with E-state index in [1.807, 2.05) is 0 Å². The maximum atomic E-state index is 2.39. The second kappa shape index (κ2) is 8.81. The summed E-state index contributed by atoms with van der Waals surface area (Å²) in [5.41, 5.74) is 12.9. The molecule has 6 aromatic carbocycles. The van der Waals surface area contributed by atoms with Gasteiger partial charge in [0.2, 0.25) is 0 Å². The Kier molecular flexibility index (Phi) is 5.46. The van der Waals surface area contributed by atoms with E-state index in [2.05, 4.69) is 137 Å². The van der Waals surface area contributed by atoms with Gasteiger partial charge < -0.3 is 0 Å². The van der Waals surface area contributed by atoms with Gasteiger partial charge in [0.05, 0.1) is 0 Å². The highest BCUT2D eigenvalue weighted by Gasteiger charge is 2.20. The van der Waals surface area contributed by atoms with Crippen molar-refractivity contribution in [3.8, 4) is 33.4 Å². The SMILES string of the molecule is Cc1cc(C)cc(-c2cc3ccccc3c(-c3cccc4ccccc34)c2-c2cc(C)cc(C)c2)c1. The molecule has 0 amide bonds. The van der Waals surface area contributed by atoms with Crippen molar-refractivity contribution in [2.24, 2.45) is 0 Å². The third-order valence-corrected chi connectivity index (χ3v) is 7.15. The molecule has 0 radical (unpaired) electrons. The zero-order valence-corrected chi connectivity index (χ0v) is 21.4. The first-order valence-electron chi connectivity index (χ1n) is 12.7. The van der Waals surface area contributed by atoms with Crippen LogP contribution in [0, 0.1) is 27.7 Å². The lowest BCUT2D eigenvalue weighted by molar-refractivity contribution is 1.37. The quantitative estimate of drug-likeness (QED) is 0.245. The van der Waals surface area contributed by atoms with Gasteiger partial charge in [-0.3, -0.25) is 0 Å². The van der Waals surface area contributed by atoms with Crippen molar-refractivity contribution < 1.29 is 0 Å². The van der Waals surface area contributed by atoms with Crippen molar-refractivity contribution in [1.29, 1.82) is 0 Å². The number of fused-ring (bicyclic) bond motifs is 2. The molecule has 0 unspecified atom stereocenters. The van der Waals surface area contributed by atoms with Gasteiger partial charge in [-0.1, -0.05) is 125 Å². The van der Waals surface area contributed by atoms with Gasteiger partial charge in [0.15, 0.2) is 0 Å². The van der Waals surface area contributed by atoms with E-state index in [-0.39, 0.29) is 0 Å². The molecule has 0 fully saturated rings. The number of benzene rings is 6. The van der Waals surface area contributed by atoms with Gasteiger partial charge in [-0.15, -0.1) is 0 Å². The summed E-state index contributed by atoms with van der Waals surface area (Å²) in [6, 6.07) is 40.6. The molecule has 0 aliphatic heterocycles. The lowest BCUT2D eigenvalue weighted by Crippen LogP contribution is -1.95. The molecule has 0 nitrogen and oxygen atoms in total. The van der Waals surface area contributed by atoms with Crippen LogP contribution < -0.4 is 0 Å². The molecular weight excluding hydrogens is 432 g/mol. The first-order chi connectivity index (χ1) is 17.5. The molecule has 0 heterocycles. The van der Waals surface area contributed by atoms with Crippen LogP contribution in [-0.2, 0) is 0 Å². The minimum Gasteiger partial charge on any atom is -0.0616 e. The standard InChI is InChI=1S/C36H30/c1-23-16-24(2)19-29(18-23)34-22-28-11-6-8-14-32(28)36(35(34)30-20-25(3)17-26(4)21-30)33-15-9-12-27-10-5-7-13-31(27)33/h5-22H,1-4H3. The maximum Gasteiger partial charge on any atom is -0.00143 e. The van der Waals surface area contributed by atoms with Crippen molar-refractivity contribution in [2.75, 3.05) is 0 Å². The van der Waals surface area contributed by atoms with E-state index in [0.29, 0.717) is 0 Å². The molecule has 6 rings (SSSR count). The zero-order chi connectivity index (χ0) is 24.8. The Morgan fingerprint density at radius 3 is 1.56 bits per heavy atom.